The van der Waals surface area contributed by atoms with E-state index in [0.717, 1.165) is 26.0 Å². The van der Waals surface area contributed by atoms with E-state index in [4.69, 9.17) is 10.5 Å². The lowest BCUT2D eigenvalue weighted by molar-refractivity contribution is -0.757. The summed E-state index contributed by atoms with van der Waals surface area (Å²) in [7, 11) is 1.72. The number of nitrogens with two attached hydrogens (primary N) is 1. The Labute approximate surface area is 232 Å². The predicted octanol–water partition coefficient (Wildman–Crippen LogP) is 3.87. The Morgan fingerprint density at radius 2 is 1.90 bits per heavy atom. The highest BCUT2D eigenvalue weighted by Gasteiger charge is 2.29. The molecule has 0 radical (unpaired) electrons. The molecule has 39 heavy (non-hydrogen) atoms. The summed E-state index contributed by atoms with van der Waals surface area (Å²) in [6, 6.07) is 6.18. The van der Waals surface area contributed by atoms with Gasteiger partial charge in [0.25, 0.3) is 5.09 Å². The standard InChI is InChI=1S/C29H48N4O6/c1-19(2)23(14-22-8-9-24-21(5)18-32(27(24)15-22)11-7-12-38-6)16-26(30)28(34)17-25(20(3)4)29(35)31-10-13-39-33(36)37/h8-9,15,18-20,23,25-26,28,34H,7,10-14,16-17,30H2,1-6H3,(H,31,35)/t23-,25-,26-,28-/m0/s1. The van der Waals surface area contributed by atoms with Crippen LogP contribution >= 0.6 is 0 Å². The number of benzene rings is 1. The molecular formula is C29H48N4O6. The number of carbonyl (C=O) groups excluding carboxylic acids is 1. The molecule has 0 saturated carbocycles. The van der Waals surface area contributed by atoms with Crippen LogP contribution in [0, 0.1) is 40.7 Å². The van der Waals surface area contributed by atoms with E-state index in [2.05, 4.69) is 59.9 Å². The van der Waals surface area contributed by atoms with Crippen LogP contribution in [0.2, 0.25) is 0 Å². The van der Waals surface area contributed by atoms with Crippen molar-refractivity contribution in [2.24, 2.45) is 29.4 Å². The molecule has 10 nitrogen and oxygen atoms in total. The van der Waals surface area contributed by atoms with E-state index in [1.807, 2.05) is 13.8 Å². The lowest BCUT2D eigenvalue weighted by Gasteiger charge is -2.30. The average Bonchev–Trinajstić information content (AvgIpc) is 3.18. The molecule has 0 unspecified atom stereocenters. The molecule has 1 aromatic carbocycles. The van der Waals surface area contributed by atoms with Crippen LogP contribution in [-0.2, 0) is 27.3 Å². The van der Waals surface area contributed by atoms with Crippen LogP contribution in [0.1, 0.15) is 58.1 Å². The van der Waals surface area contributed by atoms with Crippen molar-refractivity contribution in [2.45, 2.75) is 79.0 Å². The molecule has 1 amide bonds. The Balaban J connectivity index is 2.05. The fraction of sp³-hybridized carbons (Fsp3) is 0.690. The van der Waals surface area contributed by atoms with Crippen LogP contribution in [-0.4, -0.2) is 59.7 Å². The van der Waals surface area contributed by atoms with E-state index in [1.165, 1.54) is 22.0 Å². The second-order valence-electron chi connectivity index (χ2n) is 11.3. The minimum absolute atomic E-state index is 0.0280. The number of carbonyl (C=O) groups is 1. The van der Waals surface area contributed by atoms with Gasteiger partial charge < -0.3 is 30.3 Å². The molecule has 2 aromatic rings. The molecule has 1 heterocycles. The highest BCUT2D eigenvalue weighted by Crippen LogP contribution is 2.28. The van der Waals surface area contributed by atoms with Crippen LogP contribution in [0.25, 0.3) is 10.9 Å². The zero-order valence-corrected chi connectivity index (χ0v) is 24.4. The Morgan fingerprint density at radius 1 is 1.18 bits per heavy atom. The molecule has 0 fully saturated rings. The smallest absolute Gasteiger partial charge is 0.294 e. The van der Waals surface area contributed by atoms with Crippen LogP contribution in [0.15, 0.2) is 24.4 Å². The summed E-state index contributed by atoms with van der Waals surface area (Å²) < 4.78 is 7.53. The van der Waals surface area contributed by atoms with E-state index in [0.29, 0.717) is 12.3 Å². The molecule has 0 aliphatic rings. The van der Waals surface area contributed by atoms with E-state index < -0.39 is 23.2 Å². The SMILES string of the molecule is COCCCn1cc(C)c2ccc(C[C@@H](C[C@H](N)[C@@H](O)C[C@H](C(=O)NCCO[N+](=O)[O-])C(C)C)C(C)C)cc21. The summed E-state index contributed by atoms with van der Waals surface area (Å²) in [5.41, 5.74) is 10.2. The molecule has 2 rings (SSSR count). The fourth-order valence-electron chi connectivity index (χ4n) is 5.16. The van der Waals surface area contributed by atoms with Gasteiger partial charge in [-0.15, -0.1) is 10.1 Å². The van der Waals surface area contributed by atoms with Gasteiger partial charge in [-0.2, -0.15) is 0 Å². The van der Waals surface area contributed by atoms with Gasteiger partial charge in [-0.3, -0.25) is 4.79 Å². The van der Waals surface area contributed by atoms with E-state index in [-0.39, 0.29) is 37.3 Å². The Hall–Kier alpha value is -2.69. The van der Waals surface area contributed by atoms with Gasteiger partial charge in [-0.25, -0.2) is 0 Å². The number of ether oxygens (including phenoxy) is 1. The zero-order chi connectivity index (χ0) is 29.1. The monoisotopic (exact) mass is 548 g/mol. The van der Waals surface area contributed by atoms with Crippen molar-refractivity contribution in [3.8, 4) is 0 Å². The maximum atomic E-state index is 12.7. The van der Waals surface area contributed by atoms with Gasteiger partial charge in [0.15, 0.2) is 0 Å². The maximum absolute atomic E-state index is 12.7. The van der Waals surface area contributed by atoms with Crippen LogP contribution in [0.3, 0.4) is 0 Å². The molecule has 4 atom stereocenters. The van der Waals surface area contributed by atoms with Crippen molar-refractivity contribution >= 4 is 16.8 Å². The predicted molar refractivity (Wildman–Crippen MR) is 153 cm³/mol. The Kier molecular flexibility index (Phi) is 13.2. The molecule has 4 N–H and O–H groups in total. The molecule has 0 aliphatic carbocycles. The van der Waals surface area contributed by atoms with Crippen molar-refractivity contribution in [1.29, 1.82) is 0 Å². The van der Waals surface area contributed by atoms with Crippen molar-refractivity contribution in [3.63, 3.8) is 0 Å². The van der Waals surface area contributed by atoms with Crippen LogP contribution < -0.4 is 11.1 Å². The van der Waals surface area contributed by atoms with E-state index in [1.54, 1.807) is 7.11 Å². The summed E-state index contributed by atoms with van der Waals surface area (Å²) in [4.78, 5) is 27.2. The van der Waals surface area contributed by atoms with Crippen molar-refractivity contribution in [1.82, 2.24) is 9.88 Å². The molecule has 220 valence electrons. The summed E-state index contributed by atoms with van der Waals surface area (Å²) in [6.07, 6.45) is 4.02. The number of rotatable bonds is 18. The van der Waals surface area contributed by atoms with E-state index >= 15 is 0 Å². The maximum Gasteiger partial charge on any atom is 0.294 e. The molecule has 0 saturated heterocycles. The first-order valence-corrected chi connectivity index (χ1v) is 14.0. The minimum atomic E-state index is -0.889. The van der Waals surface area contributed by atoms with Gasteiger partial charge in [0.05, 0.1) is 6.10 Å². The van der Waals surface area contributed by atoms with Gasteiger partial charge in [0.1, 0.15) is 6.61 Å². The number of hydrogen-bond acceptors (Lipinski definition) is 7. The number of aryl methyl sites for hydroxylation is 2. The van der Waals surface area contributed by atoms with Gasteiger partial charge >= 0.3 is 0 Å². The third-order valence-electron chi connectivity index (χ3n) is 7.64. The lowest BCUT2D eigenvalue weighted by atomic mass is 9.80. The number of aromatic nitrogens is 1. The third kappa shape index (κ3) is 10.1. The summed E-state index contributed by atoms with van der Waals surface area (Å²) >= 11 is 0. The Morgan fingerprint density at radius 3 is 2.51 bits per heavy atom. The van der Waals surface area contributed by atoms with Crippen LogP contribution in [0.4, 0.5) is 0 Å². The second-order valence-corrected chi connectivity index (χ2v) is 11.3. The quantitative estimate of drug-likeness (QED) is 0.146. The van der Waals surface area contributed by atoms with Crippen molar-refractivity contribution in [3.05, 3.63) is 45.6 Å². The summed E-state index contributed by atoms with van der Waals surface area (Å²) in [6.45, 7) is 11.8. The first kappa shape index (κ1) is 32.5. The topological polar surface area (TPSA) is 142 Å². The summed E-state index contributed by atoms with van der Waals surface area (Å²) in [5, 5.41) is 24.3. The molecule has 0 spiro atoms. The molecule has 10 heteroatoms. The molecule has 0 bridgehead atoms. The average molecular weight is 549 g/mol. The van der Waals surface area contributed by atoms with Crippen LogP contribution in [0.5, 0.6) is 0 Å². The minimum Gasteiger partial charge on any atom is -0.391 e. The highest BCUT2D eigenvalue weighted by molar-refractivity contribution is 5.84. The fourth-order valence-corrected chi connectivity index (χ4v) is 5.16. The van der Waals surface area contributed by atoms with Crippen molar-refractivity contribution in [2.75, 3.05) is 26.9 Å². The highest BCUT2D eigenvalue weighted by atomic mass is 16.9. The first-order valence-electron chi connectivity index (χ1n) is 14.0. The molecule has 1 aromatic heterocycles. The lowest BCUT2D eigenvalue weighted by Crippen LogP contribution is -2.43. The number of hydrogen-bond donors (Lipinski definition) is 3. The Bertz CT molecular complexity index is 1050. The number of fused-ring (bicyclic) bond motifs is 1. The number of nitrogens with zero attached hydrogens (tertiary/aromatic N) is 2. The first-order chi connectivity index (χ1) is 18.4. The third-order valence-corrected chi connectivity index (χ3v) is 7.64. The number of nitrogens with one attached hydrogen (secondary N) is 1. The second kappa shape index (κ2) is 15.8. The van der Waals surface area contributed by atoms with Gasteiger partial charge in [0.2, 0.25) is 5.91 Å². The summed E-state index contributed by atoms with van der Waals surface area (Å²) in [5.74, 6) is -0.133. The largest absolute Gasteiger partial charge is 0.391 e. The number of methoxy groups -OCH3 is 1. The normalized spacial score (nSPS) is 14.9. The van der Waals surface area contributed by atoms with E-state index in [9.17, 15) is 20.0 Å². The van der Waals surface area contributed by atoms with Gasteiger partial charge in [0, 0.05) is 55.9 Å². The molecular weight excluding hydrogens is 500 g/mol. The molecule has 0 aliphatic heterocycles. The number of aliphatic hydroxyl groups excluding tert-OH is 1. The van der Waals surface area contributed by atoms with Crippen molar-refractivity contribution < 1.29 is 24.6 Å². The van der Waals surface area contributed by atoms with Gasteiger partial charge in [-0.05, 0) is 67.6 Å². The zero-order valence-electron chi connectivity index (χ0n) is 24.4. The number of amides is 1. The van der Waals surface area contributed by atoms with Gasteiger partial charge in [-0.1, -0.05) is 39.8 Å². The number of aliphatic hydroxyl groups is 1.